The smallest absolute Gasteiger partial charge is 0.0499 e. The van der Waals surface area contributed by atoms with Crippen LogP contribution in [0.5, 0.6) is 0 Å². The van der Waals surface area contributed by atoms with E-state index in [4.69, 9.17) is 5.11 Å². The number of rotatable bonds is 2. The third-order valence-electron chi connectivity index (χ3n) is 2.65. The Morgan fingerprint density at radius 1 is 1.60 bits per heavy atom. The molecule has 2 nitrogen and oxygen atoms in total. The van der Waals surface area contributed by atoms with Crippen LogP contribution in [0.3, 0.4) is 0 Å². The van der Waals surface area contributed by atoms with Crippen LogP contribution in [0, 0.1) is 5.41 Å². The first-order valence-corrected chi connectivity index (χ1v) is 4.14. The molecule has 1 rings (SSSR count). The molecule has 0 unspecified atom stereocenters. The first kappa shape index (κ1) is 8.02. The molecule has 1 atom stereocenters. The third kappa shape index (κ3) is 1.50. The van der Waals surface area contributed by atoms with Crippen LogP contribution < -0.4 is 5.32 Å². The molecule has 0 amide bonds. The Balaban J connectivity index is 2.44. The largest absolute Gasteiger partial charge is 0.396 e. The Hall–Kier alpha value is -0.0800. The highest BCUT2D eigenvalue weighted by atomic mass is 16.3. The molecule has 10 heavy (non-hydrogen) atoms. The zero-order valence-electron chi connectivity index (χ0n) is 6.69. The Labute approximate surface area is 62.6 Å². The van der Waals surface area contributed by atoms with Crippen LogP contribution >= 0.6 is 0 Å². The van der Waals surface area contributed by atoms with Crippen LogP contribution in [0.2, 0.25) is 0 Å². The second-order valence-corrected chi connectivity index (χ2v) is 3.29. The van der Waals surface area contributed by atoms with E-state index in [0.717, 1.165) is 19.5 Å². The van der Waals surface area contributed by atoms with Crippen molar-refractivity contribution in [2.45, 2.75) is 26.2 Å². The summed E-state index contributed by atoms with van der Waals surface area (Å²) < 4.78 is 0. The van der Waals surface area contributed by atoms with Gasteiger partial charge in [-0.3, -0.25) is 0 Å². The van der Waals surface area contributed by atoms with Crippen molar-refractivity contribution in [3.63, 3.8) is 0 Å². The third-order valence-corrected chi connectivity index (χ3v) is 2.65. The predicted molar refractivity (Wildman–Crippen MR) is 41.9 cm³/mol. The molecule has 2 N–H and O–H groups in total. The zero-order chi connectivity index (χ0) is 7.45. The highest BCUT2D eigenvalue weighted by molar-refractivity contribution is 4.83. The fourth-order valence-electron chi connectivity index (χ4n) is 1.58. The zero-order valence-corrected chi connectivity index (χ0v) is 6.69. The fraction of sp³-hybridized carbons (Fsp3) is 1.00. The molecule has 1 saturated heterocycles. The van der Waals surface area contributed by atoms with Crippen LogP contribution in [0.25, 0.3) is 0 Å². The monoisotopic (exact) mass is 143 g/mol. The van der Waals surface area contributed by atoms with Crippen LogP contribution in [-0.2, 0) is 0 Å². The summed E-state index contributed by atoms with van der Waals surface area (Å²) in [5, 5.41) is 12.4. The number of nitrogens with one attached hydrogen (secondary N) is 1. The Kier molecular flexibility index (Phi) is 2.69. The van der Waals surface area contributed by atoms with E-state index in [1.807, 2.05) is 0 Å². The summed E-state index contributed by atoms with van der Waals surface area (Å²) in [5.41, 5.74) is 0.207. The molecule has 0 aromatic heterocycles. The van der Waals surface area contributed by atoms with Crippen molar-refractivity contribution in [2.75, 3.05) is 19.7 Å². The highest BCUT2D eigenvalue weighted by Gasteiger charge is 2.28. The predicted octanol–water partition coefficient (Wildman–Crippen LogP) is 0.759. The molecule has 1 fully saturated rings. The van der Waals surface area contributed by atoms with Crippen LogP contribution in [0.1, 0.15) is 26.2 Å². The van der Waals surface area contributed by atoms with Gasteiger partial charge in [0.15, 0.2) is 0 Å². The first-order chi connectivity index (χ1) is 4.83. The van der Waals surface area contributed by atoms with Crippen molar-refractivity contribution in [2.24, 2.45) is 5.41 Å². The minimum absolute atomic E-state index is 0.207. The van der Waals surface area contributed by atoms with Gasteiger partial charge in [0.25, 0.3) is 0 Å². The van der Waals surface area contributed by atoms with Crippen molar-refractivity contribution in [1.82, 2.24) is 5.32 Å². The van der Waals surface area contributed by atoms with Crippen LogP contribution in [-0.4, -0.2) is 24.8 Å². The molecule has 0 bridgehead atoms. The lowest BCUT2D eigenvalue weighted by Crippen LogP contribution is -2.41. The van der Waals surface area contributed by atoms with Gasteiger partial charge in [0.1, 0.15) is 0 Å². The van der Waals surface area contributed by atoms with Crippen molar-refractivity contribution in [3.05, 3.63) is 0 Å². The molecule has 0 radical (unpaired) electrons. The normalized spacial score (nSPS) is 34.2. The molecule has 1 heterocycles. The number of piperidine rings is 1. The average molecular weight is 143 g/mol. The molecule has 60 valence electrons. The lowest BCUT2D eigenvalue weighted by Gasteiger charge is -2.34. The number of hydrogen-bond donors (Lipinski definition) is 2. The topological polar surface area (TPSA) is 32.3 Å². The molecule has 1 aliphatic heterocycles. The van der Waals surface area contributed by atoms with E-state index in [2.05, 4.69) is 12.2 Å². The Morgan fingerprint density at radius 3 is 2.70 bits per heavy atom. The van der Waals surface area contributed by atoms with E-state index in [1.165, 1.54) is 12.8 Å². The first-order valence-electron chi connectivity index (χ1n) is 4.14. The van der Waals surface area contributed by atoms with Gasteiger partial charge >= 0.3 is 0 Å². The molecular weight excluding hydrogens is 126 g/mol. The summed E-state index contributed by atoms with van der Waals surface area (Å²) in [7, 11) is 0. The standard InChI is InChI=1S/C8H17NO/c1-2-8(7-10)4-3-5-9-6-8/h9-10H,2-7H2,1H3/t8-/m1/s1. The summed E-state index contributed by atoms with van der Waals surface area (Å²) in [6.07, 6.45) is 3.50. The van der Waals surface area contributed by atoms with Crippen LogP contribution in [0.4, 0.5) is 0 Å². The molecule has 0 aromatic carbocycles. The number of aliphatic hydroxyl groups is 1. The van der Waals surface area contributed by atoms with Crippen molar-refractivity contribution in [3.8, 4) is 0 Å². The van der Waals surface area contributed by atoms with Gasteiger partial charge in [-0.2, -0.15) is 0 Å². The summed E-state index contributed by atoms with van der Waals surface area (Å²) in [6, 6.07) is 0. The van der Waals surface area contributed by atoms with E-state index >= 15 is 0 Å². The maximum Gasteiger partial charge on any atom is 0.0499 e. The summed E-state index contributed by atoms with van der Waals surface area (Å²) in [6.45, 7) is 4.63. The van der Waals surface area contributed by atoms with E-state index in [1.54, 1.807) is 0 Å². The molecular formula is C8H17NO. The summed E-state index contributed by atoms with van der Waals surface area (Å²) >= 11 is 0. The van der Waals surface area contributed by atoms with Gasteiger partial charge in [-0.05, 0) is 25.8 Å². The van der Waals surface area contributed by atoms with Gasteiger partial charge in [-0.15, -0.1) is 0 Å². The van der Waals surface area contributed by atoms with Gasteiger partial charge in [-0.25, -0.2) is 0 Å². The minimum Gasteiger partial charge on any atom is -0.396 e. The number of hydrogen-bond acceptors (Lipinski definition) is 2. The maximum absolute atomic E-state index is 9.10. The molecule has 0 aromatic rings. The quantitative estimate of drug-likeness (QED) is 0.598. The second-order valence-electron chi connectivity index (χ2n) is 3.29. The van der Waals surface area contributed by atoms with E-state index < -0.39 is 0 Å². The molecule has 2 heteroatoms. The maximum atomic E-state index is 9.10. The fourth-order valence-corrected chi connectivity index (χ4v) is 1.58. The van der Waals surface area contributed by atoms with Crippen molar-refractivity contribution in [1.29, 1.82) is 0 Å². The van der Waals surface area contributed by atoms with Gasteiger partial charge in [0.05, 0.1) is 0 Å². The van der Waals surface area contributed by atoms with Gasteiger partial charge < -0.3 is 10.4 Å². The van der Waals surface area contributed by atoms with E-state index in [-0.39, 0.29) is 5.41 Å². The summed E-state index contributed by atoms with van der Waals surface area (Å²) in [4.78, 5) is 0. The lowest BCUT2D eigenvalue weighted by molar-refractivity contribution is 0.0908. The molecule has 0 saturated carbocycles. The molecule has 0 aliphatic carbocycles. The SMILES string of the molecule is CC[C@@]1(CO)CCCNC1. The van der Waals surface area contributed by atoms with Crippen molar-refractivity contribution < 1.29 is 5.11 Å². The summed E-state index contributed by atoms with van der Waals surface area (Å²) in [5.74, 6) is 0. The average Bonchev–Trinajstić information content (AvgIpc) is 2.06. The van der Waals surface area contributed by atoms with Gasteiger partial charge in [-0.1, -0.05) is 6.92 Å². The van der Waals surface area contributed by atoms with E-state index in [9.17, 15) is 0 Å². The molecule has 0 spiro atoms. The minimum atomic E-state index is 0.207. The van der Waals surface area contributed by atoms with Gasteiger partial charge in [0.2, 0.25) is 0 Å². The Morgan fingerprint density at radius 2 is 2.40 bits per heavy atom. The highest BCUT2D eigenvalue weighted by Crippen LogP contribution is 2.28. The Bertz CT molecular complexity index is 91.4. The lowest BCUT2D eigenvalue weighted by atomic mass is 9.79. The van der Waals surface area contributed by atoms with E-state index in [0.29, 0.717) is 6.61 Å². The second kappa shape index (κ2) is 3.35. The number of aliphatic hydroxyl groups excluding tert-OH is 1. The van der Waals surface area contributed by atoms with Gasteiger partial charge in [0, 0.05) is 18.6 Å². The van der Waals surface area contributed by atoms with Crippen molar-refractivity contribution >= 4 is 0 Å². The van der Waals surface area contributed by atoms with Crippen LogP contribution in [0.15, 0.2) is 0 Å². The molecule has 1 aliphatic rings.